The monoisotopic (exact) mass is 393 g/mol. The van der Waals surface area contributed by atoms with Gasteiger partial charge in [0.05, 0.1) is 11.6 Å². The molecule has 2 aromatic rings. The topological polar surface area (TPSA) is 76.8 Å². The molecule has 1 N–H and O–H groups in total. The summed E-state index contributed by atoms with van der Waals surface area (Å²) in [5, 5.41) is 18.3. The van der Waals surface area contributed by atoms with Crippen LogP contribution < -0.4 is 14.5 Å². The number of carboxylic acids is 1. The molecule has 0 aromatic heterocycles. The molecule has 29 heavy (non-hydrogen) atoms. The normalized spacial score (nSPS) is 15.5. The number of carboxylic acid groups (broad SMARTS) is 1. The third-order valence-electron chi connectivity index (χ3n) is 5.11. The van der Waals surface area contributed by atoms with Gasteiger partial charge in [-0.15, -0.1) is 0 Å². The first kappa shape index (κ1) is 20.5. The van der Waals surface area contributed by atoms with Gasteiger partial charge in [-0.2, -0.15) is 5.26 Å². The second-order valence-electron chi connectivity index (χ2n) is 8.33. The molecule has 0 bridgehead atoms. The number of nitrogens with zero attached hydrogens (tertiary/aromatic N) is 3. The van der Waals surface area contributed by atoms with Crippen LogP contribution in [0.1, 0.15) is 26.3 Å². The first-order valence-electron chi connectivity index (χ1n) is 9.77. The highest BCUT2D eigenvalue weighted by molar-refractivity contribution is 5.73. The predicted octanol–water partition coefficient (Wildman–Crippen LogP) is 3.76. The molecule has 6 heteroatoms. The Labute approximate surface area is 171 Å². The van der Waals surface area contributed by atoms with Crippen LogP contribution in [0.3, 0.4) is 0 Å². The molecule has 6 nitrogen and oxygen atoms in total. The van der Waals surface area contributed by atoms with Crippen LogP contribution in [0.4, 0.5) is 11.4 Å². The van der Waals surface area contributed by atoms with Gasteiger partial charge in [0.15, 0.2) is 6.10 Å². The Kier molecular flexibility index (Phi) is 5.97. The number of nitriles is 1. The van der Waals surface area contributed by atoms with Crippen molar-refractivity contribution in [2.45, 2.75) is 26.9 Å². The fourth-order valence-corrected chi connectivity index (χ4v) is 3.44. The van der Waals surface area contributed by atoms with Crippen molar-refractivity contribution < 1.29 is 14.6 Å². The first-order chi connectivity index (χ1) is 13.8. The van der Waals surface area contributed by atoms with E-state index in [1.165, 1.54) is 0 Å². The van der Waals surface area contributed by atoms with Gasteiger partial charge in [-0.25, -0.2) is 4.79 Å². The molecule has 0 radical (unpaired) electrons. The summed E-state index contributed by atoms with van der Waals surface area (Å²) in [6.07, 6.45) is -0.899. The number of hydrogen-bond acceptors (Lipinski definition) is 5. The molecule has 1 saturated heterocycles. The van der Waals surface area contributed by atoms with Gasteiger partial charge in [0.1, 0.15) is 5.75 Å². The van der Waals surface area contributed by atoms with Crippen LogP contribution in [-0.4, -0.2) is 43.4 Å². The van der Waals surface area contributed by atoms with Crippen molar-refractivity contribution in [2.75, 3.05) is 36.0 Å². The minimum atomic E-state index is -0.958. The van der Waals surface area contributed by atoms with Crippen LogP contribution in [0.2, 0.25) is 0 Å². The summed E-state index contributed by atoms with van der Waals surface area (Å²) in [7, 11) is 0. The minimum Gasteiger partial charge on any atom is -0.478 e. The third kappa shape index (κ3) is 5.00. The maximum Gasteiger partial charge on any atom is 0.345 e. The van der Waals surface area contributed by atoms with Crippen LogP contribution in [0.15, 0.2) is 48.5 Å². The second-order valence-corrected chi connectivity index (χ2v) is 8.33. The van der Waals surface area contributed by atoms with Crippen LogP contribution in [0.5, 0.6) is 5.75 Å². The summed E-state index contributed by atoms with van der Waals surface area (Å²) in [5.74, 6) is -0.396. The summed E-state index contributed by atoms with van der Waals surface area (Å²) in [6.45, 7) is 9.14. The molecule has 2 aromatic carbocycles. The van der Waals surface area contributed by atoms with Crippen molar-refractivity contribution in [1.29, 1.82) is 5.26 Å². The zero-order valence-corrected chi connectivity index (χ0v) is 17.1. The number of rotatable bonds is 5. The second kappa shape index (κ2) is 8.44. The van der Waals surface area contributed by atoms with Crippen molar-refractivity contribution in [3.05, 3.63) is 54.1 Å². The van der Waals surface area contributed by atoms with Crippen molar-refractivity contribution in [2.24, 2.45) is 5.41 Å². The standard InChI is InChI=1S/C23H27N3O3/c1-23(2,3)21(22(27)28)29-20-10-8-19(9-11-20)26-14-12-25(13-15-26)18-6-4-17(16-24)5-7-18/h4-11,21H,12-15H2,1-3H3,(H,27,28). The number of carbonyl (C=O) groups is 1. The van der Waals surface area contributed by atoms with Crippen molar-refractivity contribution in [3.63, 3.8) is 0 Å². The maximum atomic E-state index is 11.5. The third-order valence-corrected chi connectivity index (χ3v) is 5.11. The molecule has 1 fully saturated rings. The Morgan fingerprint density at radius 2 is 1.41 bits per heavy atom. The Morgan fingerprint density at radius 1 is 0.966 bits per heavy atom. The summed E-state index contributed by atoms with van der Waals surface area (Å²) < 4.78 is 5.73. The Morgan fingerprint density at radius 3 is 1.79 bits per heavy atom. The molecule has 0 aliphatic carbocycles. The van der Waals surface area contributed by atoms with E-state index in [9.17, 15) is 9.90 Å². The quantitative estimate of drug-likeness (QED) is 0.833. The molecule has 1 atom stereocenters. The Hall–Kier alpha value is -3.20. The molecular formula is C23H27N3O3. The lowest BCUT2D eigenvalue weighted by Crippen LogP contribution is -2.46. The molecule has 0 amide bonds. The number of anilines is 2. The van der Waals surface area contributed by atoms with Gasteiger partial charge in [-0.3, -0.25) is 0 Å². The van der Waals surface area contributed by atoms with Gasteiger partial charge in [-0.1, -0.05) is 20.8 Å². The van der Waals surface area contributed by atoms with Crippen LogP contribution in [0.25, 0.3) is 0 Å². The van der Waals surface area contributed by atoms with E-state index in [4.69, 9.17) is 10.00 Å². The zero-order chi connectivity index (χ0) is 21.0. The highest BCUT2D eigenvalue weighted by Gasteiger charge is 2.33. The molecule has 1 aliphatic heterocycles. The van der Waals surface area contributed by atoms with Crippen LogP contribution in [-0.2, 0) is 4.79 Å². The molecule has 0 spiro atoms. The van der Waals surface area contributed by atoms with E-state index in [0.717, 1.165) is 37.6 Å². The summed E-state index contributed by atoms with van der Waals surface area (Å²) in [4.78, 5) is 16.1. The fraction of sp³-hybridized carbons (Fsp3) is 0.391. The van der Waals surface area contributed by atoms with Gasteiger partial charge < -0.3 is 19.6 Å². The SMILES string of the molecule is CC(C)(C)C(Oc1ccc(N2CCN(c3ccc(C#N)cc3)CC2)cc1)C(=O)O. The van der Waals surface area contributed by atoms with Crippen molar-refractivity contribution in [1.82, 2.24) is 0 Å². The van der Waals surface area contributed by atoms with E-state index < -0.39 is 17.5 Å². The van der Waals surface area contributed by atoms with Gasteiger partial charge in [0.25, 0.3) is 0 Å². The maximum absolute atomic E-state index is 11.5. The average Bonchev–Trinajstić information content (AvgIpc) is 2.71. The predicted molar refractivity (Wildman–Crippen MR) is 114 cm³/mol. The molecule has 1 unspecified atom stereocenters. The van der Waals surface area contributed by atoms with E-state index >= 15 is 0 Å². The highest BCUT2D eigenvalue weighted by Crippen LogP contribution is 2.27. The largest absolute Gasteiger partial charge is 0.478 e. The van der Waals surface area contributed by atoms with Crippen LogP contribution >= 0.6 is 0 Å². The number of piperazine rings is 1. The number of benzene rings is 2. The smallest absolute Gasteiger partial charge is 0.345 e. The first-order valence-corrected chi connectivity index (χ1v) is 9.77. The minimum absolute atomic E-state index is 0.494. The molecule has 3 rings (SSSR count). The van der Waals surface area contributed by atoms with Crippen LogP contribution in [0, 0.1) is 16.7 Å². The number of aliphatic carboxylic acids is 1. The lowest BCUT2D eigenvalue weighted by atomic mass is 9.89. The number of hydrogen-bond donors (Lipinski definition) is 1. The zero-order valence-electron chi connectivity index (χ0n) is 17.1. The van der Waals surface area contributed by atoms with E-state index in [1.54, 1.807) is 0 Å². The Balaban J connectivity index is 1.60. The molecule has 0 saturated carbocycles. The summed E-state index contributed by atoms with van der Waals surface area (Å²) in [6, 6.07) is 17.5. The molecule has 152 valence electrons. The Bertz CT molecular complexity index is 872. The molecule has 1 aliphatic rings. The average molecular weight is 393 g/mol. The van der Waals surface area contributed by atoms with Gasteiger partial charge in [-0.05, 0) is 48.5 Å². The van der Waals surface area contributed by atoms with E-state index in [1.807, 2.05) is 69.3 Å². The lowest BCUT2D eigenvalue weighted by molar-refractivity contribution is -0.150. The van der Waals surface area contributed by atoms with Crippen molar-refractivity contribution in [3.8, 4) is 11.8 Å². The fourth-order valence-electron chi connectivity index (χ4n) is 3.44. The van der Waals surface area contributed by atoms with Crippen molar-refractivity contribution >= 4 is 17.3 Å². The summed E-state index contributed by atoms with van der Waals surface area (Å²) >= 11 is 0. The van der Waals surface area contributed by atoms with Gasteiger partial charge in [0.2, 0.25) is 0 Å². The lowest BCUT2D eigenvalue weighted by Gasteiger charge is -2.37. The van der Waals surface area contributed by atoms with E-state index in [2.05, 4.69) is 15.9 Å². The van der Waals surface area contributed by atoms with E-state index in [0.29, 0.717) is 11.3 Å². The highest BCUT2D eigenvalue weighted by atomic mass is 16.5. The van der Waals surface area contributed by atoms with Gasteiger partial charge in [0, 0.05) is 43.0 Å². The molecule has 1 heterocycles. The van der Waals surface area contributed by atoms with E-state index in [-0.39, 0.29) is 0 Å². The summed E-state index contributed by atoms with van der Waals surface area (Å²) in [5.41, 5.74) is 2.41. The molecular weight excluding hydrogens is 366 g/mol. The van der Waals surface area contributed by atoms with Gasteiger partial charge >= 0.3 is 5.97 Å². The number of ether oxygens (including phenoxy) is 1.